The molecule has 0 spiro atoms. The molecule has 3 aromatic carbocycles. The van der Waals surface area contributed by atoms with Crippen molar-refractivity contribution in [1.82, 2.24) is 49.9 Å². The number of β-amino-alcohol motifs (C(OH)–C–C–N with tert-alkyl or cyclic N) is 1. The Hall–Kier alpha value is -6.86. The number of hydrazine groups is 1. The second-order valence-electron chi connectivity index (χ2n) is 23.5. The normalized spacial score (nSPS) is 20.3. The first kappa shape index (κ1) is 57.9. The highest BCUT2D eigenvalue weighted by molar-refractivity contribution is 7.80. The summed E-state index contributed by atoms with van der Waals surface area (Å²) in [5.41, 5.74) is 6.83. The van der Waals surface area contributed by atoms with Crippen LogP contribution in [0.3, 0.4) is 0 Å². The molecule has 0 aliphatic carbocycles. The molecule has 18 nitrogen and oxygen atoms in total. The van der Waals surface area contributed by atoms with Crippen LogP contribution in [0.4, 0.5) is 24.5 Å². The van der Waals surface area contributed by atoms with E-state index in [-0.39, 0.29) is 50.0 Å². The zero-order valence-electron chi connectivity index (χ0n) is 46.9. The fourth-order valence-corrected chi connectivity index (χ4v) is 13.5. The number of nitrogens with one attached hydrogen (secondary N) is 3. The molecule has 4 aromatic heterocycles. The van der Waals surface area contributed by atoms with E-state index in [0.717, 1.165) is 114 Å². The number of aliphatic hydroxyl groups is 1. The number of aromatic amines is 2. The van der Waals surface area contributed by atoms with Crippen LogP contribution in [0.25, 0.3) is 32.6 Å². The van der Waals surface area contributed by atoms with Gasteiger partial charge in [-0.3, -0.25) is 23.8 Å². The van der Waals surface area contributed by atoms with E-state index in [0.29, 0.717) is 45.6 Å². The number of pyridine rings is 1. The van der Waals surface area contributed by atoms with Crippen molar-refractivity contribution in [2.45, 2.75) is 84.2 Å². The number of benzene rings is 3. The van der Waals surface area contributed by atoms with Crippen LogP contribution in [-0.4, -0.2) is 166 Å². The molecule has 5 N–H and O–H groups in total. The molecular formula is C60H69F3N12O6S2. The standard InChI is InChI=1S/C60H69F3N12O6S2/c1-36-55(82-35-67-36)40-7-5-37(6-8-40)25-43-29-65-58(68-43)50-27-45(76)33-74(50)59(79)56(60(2,3)4)69-51(77)34-71-23-21-70(22-24-71)31-38-15-18-72(19-16-38)44-11-9-39(10-12-44)41-26-46-47(30-66-57(46)64-28-41)54(78)52-48(62)13-14-49(53(52)63)75(83(80)81)73-20-17-42(61)32-73/h5-14,26,28-30,35,38,42,45,50,56,76H,15-25,27,31-34H2,1-4H3,(H,64,66)(H,65,68)(H,69,77)(H,80,81)/t42-,45-,50+,56-/m1/s1. The zero-order valence-corrected chi connectivity index (χ0v) is 48.5. The number of carbonyl (C=O) groups is 3. The predicted molar refractivity (Wildman–Crippen MR) is 314 cm³/mol. The van der Waals surface area contributed by atoms with Crippen molar-refractivity contribution in [1.29, 1.82) is 0 Å². The van der Waals surface area contributed by atoms with Crippen LogP contribution in [0, 0.1) is 29.9 Å². The van der Waals surface area contributed by atoms with Crippen LogP contribution < -0.4 is 14.6 Å². The highest BCUT2D eigenvalue weighted by Gasteiger charge is 2.44. The van der Waals surface area contributed by atoms with E-state index in [2.05, 4.69) is 64.2 Å². The van der Waals surface area contributed by atoms with Gasteiger partial charge < -0.3 is 35.1 Å². The number of nitrogens with zero attached hydrogens (tertiary/aromatic N) is 9. The molecule has 0 saturated carbocycles. The molecule has 11 rings (SSSR count). The Morgan fingerprint density at radius 2 is 1.60 bits per heavy atom. The maximum Gasteiger partial charge on any atom is 0.277 e. The summed E-state index contributed by atoms with van der Waals surface area (Å²) < 4.78 is 68.6. The number of hydrogen-bond acceptors (Lipinski definition) is 13. The molecular weight excluding hydrogens is 1110 g/mol. The van der Waals surface area contributed by atoms with Gasteiger partial charge in [-0.1, -0.05) is 57.2 Å². The van der Waals surface area contributed by atoms with E-state index in [9.17, 15) is 32.6 Å². The molecule has 0 bridgehead atoms. The molecule has 4 fully saturated rings. The number of aromatic nitrogens is 5. The van der Waals surface area contributed by atoms with Crippen LogP contribution >= 0.6 is 11.3 Å². The van der Waals surface area contributed by atoms with Crippen LogP contribution in [0.5, 0.6) is 0 Å². The first-order chi connectivity index (χ1) is 39.8. The minimum atomic E-state index is -2.83. The number of likely N-dealkylation sites (tertiary alicyclic amines) is 1. The Bertz CT molecular complexity index is 3500. The van der Waals surface area contributed by atoms with Crippen molar-refractivity contribution in [3.05, 3.63) is 136 Å². The highest BCUT2D eigenvalue weighted by atomic mass is 32.2. The van der Waals surface area contributed by atoms with Gasteiger partial charge in [-0.25, -0.2) is 37.3 Å². The van der Waals surface area contributed by atoms with Gasteiger partial charge in [0.15, 0.2) is 5.82 Å². The van der Waals surface area contributed by atoms with Gasteiger partial charge in [0.1, 0.15) is 35.2 Å². The van der Waals surface area contributed by atoms with Crippen LogP contribution in [0.15, 0.2) is 90.8 Å². The van der Waals surface area contributed by atoms with E-state index in [1.54, 1.807) is 34.7 Å². The molecule has 4 aliphatic heterocycles. The quantitative estimate of drug-likeness (QED) is 0.0432. The minimum absolute atomic E-state index is 0.0300. The maximum atomic E-state index is 16.1. The number of alkyl halides is 1. The van der Waals surface area contributed by atoms with Crippen molar-refractivity contribution in [3.63, 3.8) is 0 Å². The average molecular weight is 1180 g/mol. The number of hydrogen-bond donors (Lipinski definition) is 5. The molecule has 4 saturated heterocycles. The lowest BCUT2D eigenvalue weighted by Gasteiger charge is -2.39. The Morgan fingerprint density at radius 1 is 0.880 bits per heavy atom. The number of thiazole rings is 1. The summed E-state index contributed by atoms with van der Waals surface area (Å²) in [6.45, 7) is 13.8. The number of piperazine rings is 1. The van der Waals surface area contributed by atoms with Crippen molar-refractivity contribution >= 4 is 62.6 Å². The summed E-state index contributed by atoms with van der Waals surface area (Å²) in [6, 6.07) is 18.7. The molecule has 2 amide bonds. The molecule has 8 heterocycles. The monoisotopic (exact) mass is 1170 g/mol. The van der Waals surface area contributed by atoms with Gasteiger partial charge >= 0.3 is 0 Å². The molecule has 1 unspecified atom stereocenters. The van der Waals surface area contributed by atoms with E-state index in [4.69, 9.17) is 4.98 Å². The third-order valence-electron chi connectivity index (χ3n) is 16.6. The summed E-state index contributed by atoms with van der Waals surface area (Å²) in [4.78, 5) is 71.9. The number of piperidine rings is 1. The number of H-pyrrole nitrogens is 2. The molecule has 23 heteroatoms. The number of imidazole rings is 1. The summed E-state index contributed by atoms with van der Waals surface area (Å²) in [7, 11) is 0. The Kier molecular flexibility index (Phi) is 17.0. The van der Waals surface area contributed by atoms with Crippen LogP contribution in [0.1, 0.15) is 91.2 Å². The lowest BCUT2D eigenvalue weighted by molar-refractivity contribution is -0.141. The molecule has 0 radical (unpaired) electrons. The van der Waals surface area contributed by atoms with Gasteiger partial charge in [-0.2, -0.15) is 4.41 Å². The van der Waals surface area contributed by atoms with Crippen LogP contribution in [0.2, 0.25) is 0 Å². The number of carbonyl (C=O) groups excluding carboxylic acids is 3. The molecule has 438 valence electrons. The molecule has 5 atom stereocenters. The van der Waals surface area contributed by atoms with Gasteiger partial charge in [-0.15, -0.1) is 11.3 Å². The number of aryl methyl sites for hydroxylation is 1. The first-order valence-corrected chi connectivity index (χ1v) is 30.2. The second kappa shape index (κ2) is 24.4. The van der Waals surface area contributed by atoms with Gasteiger partial charge in [0.2, 0.25) is 17.6 Å². The van der Waals surface area contributed by atoms with Gasteiger partial charge in [0, 0.05) is 118 Å². The fraction of sp³-hybridized carbons (Fsp3) is 0.433. The van der Waals surface area contributed by atoms with Crippen molar-refractivity contribution < 1.29 is 41.4 Å². The summed E-state index contributed by atoms with van der Waals surface area (Å²) in [5.74, 6) is -2.80. The van der Waals surface area contributed by atoms with E-state index in [1.807, 2.05) is 57.5 Å². The average Bonchev–Trinajstić information content (AvgIpc) is 4.27. The summed E-state index contributed by atoms with van der Waals surface area (Å²) in [5, 5.41) is 15.5. The lowest BCUT2D eigenvalue weighted by atomic mass is 9.85. The second-order valence-corrected chi connectivity index (χ2v) is 25.1. The van der Waals surface area contributed by atoms with Crippen molar-refractivity contribution in [2.75, 3.05) is 81.3 Å². The van der Waals surface area contributed by atoms with Gasteiger partial charge in [0.25, 0.3) is 11.3 Å². The first-order valence-electron chi connectivity index (χ1n) is 28.3. The number of amides is 2. The topological polar surface area (TPSA) is 210 Å². The molecule has 4 aliphatic rings. The number of aliphatic hydroxyl groups excluding tert-OH is 1. The summed E-state index contributed by atoms with van der Waals surface area (Å²) in [6.07, 6.45) is 5.84. The smallest absolute Gasteiger partial charge is 0.277 e. The van der Waals surface area contributed by atoms with Crippen LogP contribution in [-0.2, 0) is 27.3 Å². The Labute approximate surface area is 486 Å². The minimum Gasteiger partial charge on any atom is -0.391 e. The number of rotatable bonds is 17. The molecule has 83 heavy (non-hydrogen) atoms. The third kappa shape index (κ3) is 12.7. The number of ketones is 1. The lowest BCUT2D eigenvalue weighted by Crippen LogP contribution is -2.57. The highest BCUT2D eigenvalue weighted by Crippen LogP contribution is 2.37. The van der Waals surface area contributed by atoms with E-state index < -0.39 is 69.7 Å². The van der Waals surface area contributed by atoms with E-state index >= 15 is 8.78 Å². The zero-order chi connectivity index (χ0) is 58.3. The third-order valence-corrected chi connectivity index (χ3v) is 18.3. The van der Waals surface area contributed by atoms with Gasteiger partial charge in [0.05, 0.1) is 46.9 Å². The number of halogens is 3. The number of anilines is 2. The van der Waals surface area contributed by atoms with E-state index in [1.165, 1.54) is 6.20 Å². The number of fused-ring (bicyclic) bond motifs is 1. The largest absolute Gasteiger partial charge is 0.391 e. The fourth-order valence-electron chi connectivity index (χ4n) is 12.1. The van der Waals surface area contributed by atoms with Crippen molar-refractivity contribution in [2.24, 2.45) is 11.3 Å². The van der Waals surface area contributed by atoms with Gasteiger partial charge in [-0.05, 0) is 84.5 Å². The predicted octanol–water partition coefficient (Wildman–Crippen LogP) is 8.09. The maximum absolute atomic E-state index is 16.1. The van der Waals surface area contributed by atoms with Crippen molar-refractivity contribution in [3.8, 4) is 21.6 Å². The molecule has 7 aromatic rings. The summed E-state index contributed by atoms with van der Waals surface area (Å²) >= 11 is -1.21. The SMILES string of the molecule is Cc1ncsc1-c1ccc(Cc2cnc([C@@H]3C[C@@H](O)CN3C(=O)[C@@H](NC(=O)CN3CCN(CC4CCN(c5ccc(-c6cnc7[nH]cc(C(=O)c8c(F)ccc(N(N9CC[C@@H](F)C9)S(=O)O)c8F)c7c6)cc5)CC4)CC3)C(C)(C)C)[nH]2)cc1. The Balaban J connectivity index is 0.645. The Morgan fingerprint density at radius 3 is 2.28 bits per heavy atom.